The maximum absolute atomic E-state index is 5.92. The van der Waals surface area contributed by atoms with Crippen molar-refractivity contribution in [1.82, 2.24) is 10.3 Å². The molecule has 1 aromatic heterocycles. The highest BCUT2D eigenvalue weighted by Gasteiger charge is 2.18. The van der Waals surface area contributed by atoms with Crippen molar-refractivity contribution in [1.29, 1.82) is 0 Å². The van der Waals surface area contributed by atoms with E-state index in [1.807, 2.05) is 19.1 Å². The number of aryl methyl sites for hydroxylation is 1. The first-order chi connectivity index (χ1) is 9.29. The molecule has 1 saturated carbocycles. The first-order valence-corrected chi connectivity index (χ1v) is 7.08. The van der Waals surface area contributed by atoms with Crippen molar-refractivity contribution in [2.45, 2.75) is 32.7 Å². The Bertz CT molecular complexity index is 392. The van der Waals surface area contributed by atoms with Crippen molar-refractivity contribution in [3.05, 3.63) is 23.5 Å². The lowest BCUT2D eigenvalue weighted by atomic mass is 9.86. The third-order valence-electron chi connectivity index (χ3n) is 3.55. The molecule has 2 rings (SSSR count). The summed E-state index contributed by atoms with van der Waals surface area (Å²) in [7, 11) is 1.71. The molecule has 1 aromatic rings. The van der Waals surface area contributed by atoms with E-state index in [9.17, 15) is 0 Å². The van der Waals surface area contributed by atoms with E-state index in [2.05, 4.69) is 10.3 Å². The van der Waals surface area contributed by atoms with Gasteiger partial charge in [-0.25, -0.2) is 0 Å². The van der Waals surface area contributed by atoms with E-state index in [0.717, 1.165) is 42.8 Å². The molecule has 1 N–H and O–H groups in total. The number of methoxy groups -OCH3 is 1. The zero-order valence-corrected chi connectivity index (χ0v) is 11.9. The van der Waals surface area contributed by atoms with Gasteiger partial charge in [0.15, 0.2) is 0 Å². The minimum Gasteiger partial charge on any atom is -0.491 e. The Balaban J connectivity index is 1.87. The quantitative estimate of drug-likeness (QED) is 0.732. The minimum absolute atomic E-state index is 0.712. The molecule has 0 unspecified atom stereocenters. The summed E-state index contributed by atoms with van der Waals surface area (Å²) in [5.74, 6) is 1.66. The Morgan fingerprint density at radius 2 is 2.21 bits per heavy atom. The van der Waals surface area contributed by atoms with Gasteiger partial charge in [-0.05, 0) is 37.8 Å². The van der Waals surface area contributed by atoms with Crippen LogP contribution in [0.1, 0.15) is 30.7 Å². The normalized spacial score (nSPS) is 15.3. The van der Waals surface area contributed by atoms with Crippen LogP contribution in [-0.2, 0) is 11.3 Å². The van der Waals surface area contributed by atoms with Crippen molar-refractivity contribution in [3.8, 4) is 5.75 Å². The molecule has 4 heteroatoms. The van der Waals surface area contributed by atoms with Gasteiger partial charge in [0.25, 0.3) is 0 Å². The van der Waals surface area contributed by atoms with Gasteiger partial charge in [-0.2, -0.15) is 0 Å². The molecule has 0 aromatic carbocycles. The van der Waals surface area contributed by atoms with E-state index in [4.69, 9.17) is 9.47 Å². The number of hydrogen-bond acceptors (Lipinski definition) is 4. The van der Waals surface area contributed by atoms with Crippen molar-refractivity contribution >= 4 is 0 Å². The molecule has 1 fully saturated rings. The zero-order valence-electron chi connectivity index (χ0n) is 11.9. The largest absolute Gasteiger partial charge is 0.491 e. The molecule has 0 radical (unpaired) electrons. The van der Waals surface area contributed by atoms with Gasteiger partial charge in [-0.3, -0.25) is 4.98 Å². The molecule has 4 nitrogen and oxygen atoms in total. The van der Waals surface area contributed by atoms with E-state index < -0.39 is 0 Å². The van der Waals surface area contributed by atoms with E-state index in [1.54, 1.807) is 7.11 Å². The molecule has 19 heavy (non-hydrogen) atoms. The van der Waals surface area contributed by atoms with E-state index >= 15 is 0 Å². The van der Waals surface area contributed by atoms with Crippen LogP contribution in [0.2, 0.25) is 0 Å². The van der Waals surface area contributed by atoms with Crippen molar-refractivity contribution in [3.63, 3.8) is 0 Å². The number of ether oxygens (including phenoxy) is 2. The lowest BCUT2D eigenvalue weighted by molar-refractivity contribution is 0.178. The number of nitrogens with zero attached hydrogens (tertiary/aromatic N) is 1. The molecule has 0 amide bonds. The lowest BCUT2D eigenvalue weighted by Crippen LogP contribution is -2.22. The number of aromatic nitrogens is 1. The Morgan fingerprint density at radius 3 is 2.89 bits per heavy atom. The summed E-state index contributed by atoms with van der Waals surface area (Å²) < 4.78 is 10.9. The molecule has 0 atom stereocenters. The smallest absolute Gasteiger partial charge is 0.142 e. The van der Waals surface area contributed by atoms with Gasteiger partial charge in [-0.15, -0.1) is 0 Å². The monoisotopic (exact) mass is 264 g/mol. The number of nitrogens with one attached hydrogen (secondary N) is 1. The molecular formula is C15H24N2O2. The zero-order chi connectivity index (χ0) is 13.5. The first-order valence-electron chi connectivity index (χ1n) is 7.08. The Hall–Kier alpha value is -1.13. The standard InChI is InChI=1S/C15H24N2O2/c1-12-6-7-15(19-11-13-4-3-5-13)14(17-12)10-16-8-9-18-2/h6-7,13,16H,3-5,8-11H2,1-2H3. The van der Waals surface area contributed by atoms with E-state index in [1.165, 1.54) is 19.3 Å². The van der Waals surface area contributed by atoms with Gasteiger partial charge < -0.3 is 14.8 Å². The summed E-state index contributed by atoms with van der Waals surface area (Å²) in [6.45, 7) is 5.10. The molecule has 106 valence electrons. The summed E-state index contributed by atoms with van der Waals surface area (Å²) in [6.07, 6.45) is 3.97. The summed E-state index contributed by atoms with van der Waals surface area (Å²) in [5.41, 5.74) is 2.02. The van der Waals surface area contributed by atoms with Gasteiger partial charge in [-0.1, -0.05) is 6.42 Å². The second-order valence-electron chi connectivity index (χ2n) is 5.17. The van der Waals surface area contributed by atoms with Crippen LogP contribution in [-0.4, -0.2) is 31.9 Å². The van der Waals surface area contributed by atoms with Crippen LogP contribution in [0.15, 0.2) is 12.1 Å². The van der Waals surface area contributed by atoms with Crippen molar-refractivity contribution in [2.75, 3.05) is 26.9 Å². The molecule has 1 aliphatic carbocycles. The van der Waals surface area contributed by atoms with Gasteiger partial charge in [0, 0.05) is 25.9 Å². The Morgan fingerprint density at radius 1 is 1.37 bits per heavy atom. The molecule has 0 saturated heterocycles. The second kappa shape index (κ2) is 7.46. The fourth-order valence-corrected chi connectivity index (χ4v) is 2.10. The third-order valence-corrected chi connectivity index (χ3v) is 3.55. The van der Waals surface area contributed by atoms with Crippen LogP contribution in [0.25, 0.3) is 0 Å². The molecule has 1 aliphatic rings. The first kappa shape index (κ1) is 14.3. The van der Waals surface area contributed by atoms with Crippen LogP contribution in [0.4, 0.5) is 0 Å². The Kier molecular flexibility index (Phi) is 5.61. The van der Waals surface area contributed by atoms with Crippen LogP contribution in [0.3, 0.4) is 0 Å². The van der Waals surface area contributed by atoms with Gasteiger partial charge in [0.2, 0.25) is 0 Å². The summed E-state index contributed by atoms with van der Waals surface area (Å²) in [4.78, 5) is 4.56. The van der Waals surface area contributed by atoms with Crippen molar-refractivity contribution < 1.29 is 9.47 Å². The lowest BCUT2D eigenvalue weighted by Gasteiger charge is -2.25. The van der Waals surface area contributed by atoms with Crippen LogP contribution < -0.4 is 10.1 Å². The molecule has 1 heterocycles. The van der Waals surface area contributed by atoms with Crippen LogP contribution in [0, 0.1) is 12.8 Å². The van der Waals surface area contributed by atoms with Crippen molar-refractivity contribution in [2.24, 2.45) is 5.92 Å². The second-order valence-corrected chi connectivity index (χ2v) is 5.17. The minimum atomic E-state index is 0.712. The Labute approximate surface area is 115 Å². The van der Waals surface area contributed by atoms with Crippen LogP contribution >= 0.6 is 0 Å². The third kappa shape index (κ3) is 4.48. The van der Waals surface area contributed by atoms with E-state index in [-0.39, 0.29) is 0 Å². The maximum atomic E-state index is 5.92. The van der Waals surface area contributed by atoms with Gasteiger partial charge in [0.1, 0.15) is 5.75 Å². The number of pyridine rings is 1. The molecule has 0 aliphatic heterocycles. The molecule has 0 spiro atoms. The van der Waals surface area contributed by atoms with Gasteiger partial charge >= 0.3 is 0 Å². The predicted octanol–water partition coefficient (Wildman–Crippen LogP) is 2.30. The highest BCUT2D eigenvalue weighted by Crippen LogP contribution is 2.27. The maximum Gasteiger partial charge on any atom is 0.142 e. The highest BCUT2D eigenvalue weighted by molar-refractivity contribution is 5.29. The fraction of sp³-hybridized carbons (Fsp3) is 0.667. The average molecular weight is 264 g/mol. The number of rotatable bonds is 8. The summed E-state index contributed by atoms with van der Waals surface area (Å²) >= 11 is 0. The molecule has 0 bridgehead atoms. The summed E-state index contributed by atoms with van der Waals surface area (Å²) in [5, 5.41) is 3.32. The van der Waals surface area contributed by atoms with E-state index in [0.29, 0.717) is 6.61 Å². The SMILES string of the molecule is COCCNCc1nc(C)ccc1OCC1CCC1. The average Bonchev–Trinajstić information content (AvgIpc) is 2.35. The number of hydrogen-bond donors (Lipinski definition) is 1. The topological polar surface area (TPSA) is 43.4 Å². The highest BCUT2D eigenvalue weighted by atomic mass is 16.5. The van der Waals surface area contributed by atoms with Crippen LogP contribution in [0.5, 0.6) is 5.75 Å². The van der Waals surface area contributed by atoms with Gasteiger partial charge in [0.05, 0.1) is 18.9 Å². The fourth-order valence-electron chi connectivity index (χ4n) is 2.10. The molecular weight excluding hydrogens is 240 g/mol. The predicted molar refractivity (Wildman–Crippen MR) is 75.4 cm³/mol. The summed E-state index contributed by atoms with van der Waals surface area (Å²) in [6, 6.07) is 4.04.